The van der Waals surface area contributed by atoms with Crippen LogP contribution in [0.1, 0.15) is 45.1 Å². The molecule has 0 aliphatic carbocycles. The van der Waals surface area contributed by atoms with Crippen LogP contribution in [-0.2, 0) is 6.54 Å². The standard InChI is InChI=1S/C17H27BrN2O/c1-13(2)19-11-14-10-15(18)7-8-17(14)20-9-5-3-4-6-16(20)12-21/h7-8,10,13,16,19,21H,3-6,9,11-12H2,1-2H3. The Balaban J connectivity index is 2.26. The van der Waals surface area contributed by atoms with Crippen molar-refractivity contribution in [3.63, 3.8) is 0 Å². The molecule has 2 rings (SSSR count). The van der Waals surface area contributed by atoms with E-state index in [2.05, 4.69) is 58.2 Å². The first-order valence-corrected chi connectivity index (χ1v) is 8.80. The van der Waals surface area contributed by atoms with Gasteiger partial charge in [-0.2, -0.15) is 0 Å². The fourth-order valence-electron chi connectivity index (χ4n) is 2.97. The third-order valence-electron chi connectivity index (χ3n) is 4.14. The highest BCUT2D eigenvalue weighted by Gasteiger charge is 2.22. The van der Waals surface area contributed by atoms with Gasteiger partial charge in [-0.1, -0.05) is 42.6 Å². The van der Waals surface area contributed by atoms with Gasteiger partial charge in [-0.15, -0.1) is 0 Å². The Morgan fingerprint density at radius 1 is 1.33 bits per heavy atom. The summed E-state index contributed by atoms with van der Waals surface area (Å²) in [7, 11) is 0. The SMILES string of the molecule is CC(C)NCc1cc(Br)ccc1N1CCCCCC1CO. The normalized spacial score (nSPS) is 19.9. The number of nitrogens with zero attached hydrogens (tertiary/aromatic N) is 1. The lowest BCUT2D eigenvalue weighted by Crippen LogP contribution is -2.38. The molecule has 1 aliphatic heterocycles. The highest BCUT2D eigenvalue weighted by Crippen LogP contribution is 2.29. The van der Waals surface area contributed by atoms with Gasteiger partial charge in [-0.25, -0.2) is 0 Å². The molecule has 21 heavy (non-hydrogen) atoms. The monoisotopic (exact) mass is 354 g/mol. The number of rotatable bonds is 5. The quantitative estimate of drug-likeness (QED) is 0.846. The second kappa shape index (κ2) is 8.16. The van der Waals surface area contributed by atoms with Crippen LogP contribution in [0.3, 0.4) is 0 Å². The van der Waals surface area contributed by atoms with Crippen molar-refractivity contribution < 1.29 is 5.11 Å². The van der Waals surface area contributed by atoms with Crippen molar-refractivity contribution in [3.05, 3.63) is 28.2 Å². The summed E-state index contributed by atoms with van der Waals surface area (Å²) in [6, 6.07) is 7.22. The summed E-state index contributed by atoms with van der Waals surface area (Å²) in [5.41, 5.74) is 2.57. The third-order valence-corrected chi connectivity index (χ3v) is 4.63. The van der Waals surface area contributed by atoms with E-state index in [9.17, 15) is 5.11 Å². The summed E-state index contributed by atoms with van der Waals surface area (Å²) in [5, 5.41) is 13.3. The molecular weight excluding hydrogens is 328 g/mol. The summed E-state index contributed by atoms with van der Waals surface area (Å²) < 4.78 is 1.11. The van der Waals surface area contributed by atoms with Gasteiger partial charge in [-0.05, 0) is 36.6 Å². The van der Waals surface area contributed by atoms with Crippen LogP contribution in [0.2, 0.25) is 0 Å². The number of anilines is 1. The summed E-state index contributed by atoms with van der Waals surface area (Å²) in [4.78, 5) is 2.41. The molecule has 0 radical (unpaired) electrons. The molecule has 1 atom stereocenters. The molecule has 0 amide bonds. The van der Waals surface area contributed by atoms with Crippen LogP contribution in [0.5, 0.6) is 0 Å². The Labute approximate surface area is 136 Å². The van der Waals surface area contributed by atoms with Gasteiger partial charge in [0.1, 0.15) is 0 Å². The van der Waals surface area contributed by atoms with Crippen molar-refractivity contribution >= 4 is 21.6 Å². The Hall–Kier alpha value is -0.580. The van der Waals surface area contributed by atoms with Gasteiger partial charge in [0, 0.05) is 29.3 Å². The van der Waals surface area contributed by atoms with Crippen molar-refractivity contribution in [2.24, 2.45) is 0 Å². The molecule has 0 bridgehead atoms. The number of aliphatic hydroxyl groups is 1. The van der Waals surface area contributed by atoms with E-state index >= 15 is 0 Å². The van der Waals surface area contributed by atoms with Gasteiger partial charge in [0.05, 0.1) is 12.6 Å². The van der Waals surface area contributed by atoms with Gasteiger partial charge >= 0.3 is 0 Å². The zero-order valence-corrected chi connectivity index (χ0v) is 14.7. The maximum Gasteiger partial charge on any atom is 0.0635 e. The number of halogens is 1. The summed E-state index contributed by atoms with van der Waals surface area (Å²) in [6.07, 6.45) is 4.79. The van der Waals surface area contributed by atoms with Gasteiger partial charge in [0.2, 0.25) is 0 Å². The molecule has 0 saturated carbocycles. The zero-order chi connectivity index (χ0) is 15.2. The minimum Gasteiger partial charge on any atom is -0.394 e. The molecule has 0 aromatic heterocycles. The van der Waals surface area contributed by atoms with Crippen LogP contribution in [0.15, 0.2) is 22.7 Å². The minimum absolute atomic E-state index is 0.243. The Morgan fingerprint density at radius 3 is 2.86 bits per heavy atom. The fourth-order valence-corrected chi connectivity index (χ4v) is 3.38. The Morgan fingerprint density at radius 2 is 2.14 bits per heavy atom. The predicted molar refractivity (Wildman–Crippen MR) is 92.8 cm³/mol. The van der Waals surface area contributed by atoms with E-state index in [-0.39, 0.29) is 12.6 Å². The molecule has 1 aromatic rings. The van der Waals surface area contributed by atoms with E-state index in [0.717, 1.165) is 24.0 Å². The molecule has 118 valence electrons. The smallest absolute Gasteiger partial charge is 0.0635 e. The molecule has 1 aromatic carbocycles. The molecule has 3 nitrogen and oxygen atoms in total. The first-order chi connectivity index (χ1) is 10.1. The lowest BCUT2D eigenvalue weighted by atomic mass is 10.1. The Kier molecular flexibility index (Phi) is 6.52. The van der Waals surface area contributed by atoms with E-state index in [1.165, 1.54) is 30.5 Å². The molecule has 0 spiro atoms. The number of hydrogen-bond donors (Lipinski definition) is 2. The van der Waals surface area contributed by atoms with E-state index in [1.54, 1.807) is 0 Å². The van der Waals surface area contributed by atoms with Gasteiger partial charge in [0.25, 0.3) is 0 Å². The number of aliphatic hydroxyl groups excluding tert-OH is 1. The third kappa shape index (κ3) is 4.70. The number of hydrogen-bond acceptors (Lipinski definition) is 3. The highest BCUT2D eigenvalue weighted by atomic mass is 79.9. The molecular formula is C17H27BrN2O. The van der Waals surface area contributed by atoms with Gasteiger partial charge in [0.15, 0.2) is 0 Å². The molecule has 1 saturated heterocycles. The van der Waals surface area contributed by atoms with Crippen LogP contribution in [0.25, 0.3) is 0 Å². The second-order valence-electron chi connectivity index (χ2n) is 6.19. The maximum atomic E-state index is 9.74. The van der Waals surface area contributed by atoms with Gasteiger partial charge < -0.3 is 15.3 Å². The van der Waals surface area contributed by atoms with E-state index in [4.69, 9.17) is 0 Å². The van der Waals surface area contributed by atoms with Crippen molar-refractivity contribution in [1.29, 1.82) is 0 Å². The molecule has 1 aliphatic rings. The minimum atomic E-state index is 0.243. The van der Waals surface area contributed by atoms with Crippen molar-refractivity contribution in [1.82, 2.24) is 5.32 Å². The highest BCUT2D eigenvalue weighted by molar-refractivity contribution is 9.10. The first kappa shape index (κ1) is 16.8. The molecule has 1 unspecified atom stereocenters. The molecule has 1 heterocycles. The largest absolute Gasteiger partial charge is 0.394 e. The van der Waals surface area contributed by atoms with Crippen molar-refractivity contribution in [2.75, 3.05) is 18.1 Å². The van der Waals surface area contributed by atoms with Crippen LogP contribution < -0.4 is 10.2 Å². The lowest BCUT2D eigenvalue weighted by molar-refractivity contribution is 0.255. The van der Waals surface area contributed by atoms with Crippen molar-refractivity contribution in [3.8, 4) is 0 Å². The van der Waals surface area contributed by atoms with Crippen LogP contribution in [0.4, 0.5) is 5.69 Å². The molecule has 4 heteroatoms. The zero-order valence-electron chi connectivity index (χ0n) is 13.1. The van der Waals surface area contributed by atoms with Crippen LogP contribution >= 0.6 is 15.9 Å². The fraction of sp³-hybridized carbons (Fsp3) is 0.647. The molecule has 1 fully saturated rings. The topological polar surface area (TPSA) is 35.5 Å². The van der Waals surface area contributed by atoms with E-state index < -0.39 is 0 Å². The van der Waals surface area contributed by atoms with Crippen molar-refractivity contribution in [2.45, 2.75) is 58.2 Å². The van der Waals surface area contributed by atoms with Gasteiger partial charge in [-0.3, -0.25) is 0 Å². The summed E-state index contributed by atoms with van der Waals surface area (Å²) >= 11 is 3.58. The van der Waals surface area contributed by atoms with E-state index in [1.807, 2.05) is 0 Å². The second-order valence-corrected chi connectivity index (χ2v) is 7.10. The number of benzene rings is 1. The average Bonchev–Trinajstić information content (AvgIpc) is 2.70. The average molecular weight is 355 g/mol. The number of nitrogens with one attached hydrogen (secondary N) is 1. The van der Waals surface area contributed by atoms with Crippen LogP contribution in [0, 0.1) is 0 Å². The summed E-state index contributed by atoms with van der Waals surface area (Å²) in [5.74, 6) is 0. The maximum absolute atomic E-state index is 9.74. The Bertz CT molecular complexity index is 450. The van der Waals surface area contributed by atoms with Crippen LogP contribution in [-0.4, -0.2) is 30.3 Å². The lowest BCUT2D eigenvalue weighted by Gasteiger charge is -2.33. The van der Waals surface area contributed by atoms with E-state index in [0.29, 0.717) is 6.04 Å². The summed E-state index contributed by atoms with van der Waals surface area (Å²) in [6.45, 7) is 6.48. The first-order valence-electron chi connectivity index (χ1n) is 8.01. The predicted octanol–water partition coefficient (Wildman–Crippen LogP) is 3.69. The molecule has 2 N–H and O–H groups in total.